The summed E-state index contributed by atoms with van der Waals surface area (Å²) >= 11 is 0. The van der Waals surface area contributed by atoms with Crippen molar-refractivity contribution in [1.82, 2.24) is 0 Å². The van der Waals surface area contributed by atoms with Crippen molar-refractivity contribution in [1.29, 1.82) is 0 Å². The van der Waals surface area contributed by atoms with Gasteiger partial charge in [0.05, 0.1) is 6.61 Å². The Morgan fingerprint density at radius 3 is 2.52 bits per heavy atom. The van der Waals surface area contributed by atoms with E-state index in [4.69, 9.17) is 9.47 Å². The van der Waals surface area contributed by atoms with Crippen molar-refractivity contribution in [2.45, 2.75) is 44.8 Å². The number of rotatable bonds is 3. The third-order valence-electron chi connectivity index (χ3n) is 6.06. The van der Waals surface area contributed by atoms with Crippen molar-refractivity contribution in [2.75, 3.05) is 6.61 Å². The fourth-order valence-corrected chi connectivity index (χ4v) is 4.30. The van der Waals surface area contributed by atoms with Crippen LogP contribution in [0.15, 0.2) is 30.3 Å². The van der Waals surface area contributed by atoms with Crippen LogP contribution in [0.5, 0.6) is 0 Å². The minimum Gasteiger partial charge on any atom is -0.460 e. The number of hydrogen-bond donors (Lipinski definition) is 0. The minimum absolute atomic E-state index is 0.0716. The van der Waals surface area contributed by atoms with E-state index in [9.17, 15) is 4.79 Å². The number of epoxide rings is 1. The predicted octanol–water partition coefficient (Wildman–Crippen LogP) is 3.28. The van der Waals surface area contributed by atoms with Gasteiger partial charge in [0.25, 0.3) is 0 Å². The first-order valence-electron chi connectivity index (χ1n) is 7.94. The lowest BCUT2D eigenvalue weighted by atomic mass is 9.48. The second-order valence-electron chi connectivity index (χ2n) is 7.36. The molecule has 0 spiro atoms. The molecular weight excluding hydrogens is 264 g/mol. The Balaban J connectivity index is 1.49. The van der Waals surface area contributed by atoms with Crippen LogP contribution >= 0.6 is 0 Å². The van der Waals surface area contributed by atoms with Crippen molar-refractivity contribution in [3.8, 4) is 0 Å². The molecule has 4 atom stereocenters. The van der Waals surface area contributed by atoms with E-state index in [1.807, 2.05) is 30.3 Å². The molecule has 4 fully saturated rings. The zero-order valence-electron chi connectivity index (χ0n) is 12.7. The van der Waals surface area contributed by atoms with Gasteiger partial charge in [0.15, 0.2) is 0 Å². The van der Waals surface area contributed by atoms with Gasteiger partial charge in [0.1, 0.15) is 6.10 Å². The molecule has 0 aromatic heterocycles. The largest absolute Gasteiger partial charge is 0.460 e. The van der Waals surface area contributed by atoms with Crippen molar-refractivity contribution in [2.24, 2.45) is 17.3 Å². The molecule has 3 heteroatoms. The van der Waals surface area contributed by atoms with E-state index in [1.165, 1.54) is 12.8 Å². The average Bonchev–Trinajstić information content (AvgIpc) is 3.30. The zero-order valence-corrected chi connectivity index (χ0v) is 12.7. The molecule has 1 aliphatic heterocycles. The van der Waals surface area contributed by atoms with Crippen molar-refractivity contribution in [3.05, 3.63) is 35.9 Å². The van der Waals surface area contributed by atoms with Crippen LogP contribution in [-0.4, -0.2) is 18.7 Å². The van der Waals surface area contributed by atoms with Crippen LogP contribution in [0.2, 0.25) is 0 Å². The zero-order chi connectivity index (χ0) is 14.7. The normalized spacial score (nSPS) is 39.2. The number of carbonyl (C=O) groups excluding carboxylic acids is 1. The number of esters is 1. The lowest BCUT2D eigenvalue weighted by Crippen LogP contribution is -2.56. The molecule has 1 aromatic carbocycles. The molecule has 1 saturated heterocycles. The summed E-state index contributed by atoms with van der Waals surface area (Å²) in [4.78, 5) is 12.6. The van der Waals surface area contributed by atoms with E-state index in [1.54, 1.807) is 0 Å². The third kappa shape index (κ3) is 1.87. The number of hydrogen-bond acceptors (Lipinski definition) is 3. The molecular formula is C18H22O3. The van der Waals surface area contributed by atoms with Gasteiger partial charge in [-0.3, -0.25) is 0 Å². The minimum atomic E-state index is -0.827. The van der Waals surface area contributed by atoms with Gasteiger partial charge in [-0.25, -0.2) is 4.79 Å². The Hall–Kier alpha value is -1.35. The number of benzene rings is 1. The van der Waals surface area contributed by atoms with Crippen LogP contribution in [-0.2, 0) is 19.9 Å². The molecule has 3 saturated carbocycles. The number of ether oxygens (including phenoxy) is 2. The highest BCUT2D eigenvalue weighted by atomic mass is 16.6. The first-order chi connectivity index (χ1) is 10.0. The fraction of sp³-hybridized carbons (Fsp3) is 0.611. The van der Waals surface area contributed by atoms with Gasteiger partial charge >= 0.3 is 5.97 Å². The van der Waals surface area contributed by atoms with E-state index in [0.29, 0.717) is 17.9 Å². The van der Waals surface area contributed by atoms with E-state index in [2.05, 4.69) is 13.8 Å². The Kier molecular flexibility index (Phi) is 2.74. The quantitative estimate of drug-likeness (QED) is 0.632. The van der Waals surface area contributed by atoms with Crippen LogP contribution in [0, 0.1) is 17.3 Å². The molecule has 21 heavy (non-hydrogen) atoms. The SMILES string of the molecule is CC1(C)[C@@H]2CC[C@H](OC(=O)C3(c4ccccc4)CO3)[C@H]1C2. The third-order valence-corrected chi connectivity index (χ3v) is 6.06. The monoisotopic (exact) mass is 286 g/mol. The van der Waals surface area contributed by atoms with Crippen LogP contribution in [0.1, 0.15) is 38.7 Å². The summed E-state index contributed by atoms with van der Waals surface area (Å²) in [7, 11) is 0. The molecule has 0 amide bonds. The molecule has 112 valence electrons. The highest BCUT2D eigenvalue weighted by molar-refractivity contribution is 5.84. The summed E-state index contributed by atoms with van der Waals surface area (Å²) in [5, 5.41) is 0. The lowest BCUT2D eigenvalue weighted by molar-refractivity contribution is -0.187. The topological polar surface area (TPSA) is 38.8 Å². The molecule has 1 heterocycles. The van der Waals surface area contributed by atoms with Crippen LogP contribution in [0.4, 0.5) is 0 Å². The second-order valence-corrected chi connectivity index (χ2v) is 7.36. The maximum Gasteiger partial charge on any atom is 0.345 e. The Morgan fingerprint density at radius 2 is 1.95 bits per heavy atom. The van der Waals surface area contributed by atoms with E-state index in [0.717, 1.165) is 17.9 Å². The number of fused-ring (bicyclic) bond motifs is 2. The number of carbonyl (C=O) groups is 1. The van der Waals surface area contributed by atoms with Crippen molar-refractivity contribution < 1.29 is 14.3 Å². The van der Waals surface area contributed by atoms with Crippen LogP contribution in [0.25, 0.3) is 0 Å². The van der Waals surface area contributed by atoms with Crippen molar-refractivity contribution in [3.63, 3.8) is 0 Å². The summed E-state index contributed by atoms with van der Waals surface area (Å²) in [6.45, 7) is 5.07. The molecule has 5 rings (SSSR count). The predicted molar refractivity (Wildman–Crippen MR) is 78.6 cm³/mol. The summed E-state index contributed by atoms with van der Waals surface area (Å²) in [6, 6.07) is 9.71. The summed E-state index contributed by atoms with van der Waals surface area (Å²) in [5.41, 5.74) is 0.413. The molecule has 4 aliphatic rings. The Bertz CT molecular complexity index is 557. The maximum atomic E-state index is 12.6. The van der Waals surface area contributed by atoms with Gasteiger partial charge in [-0.15, -0.1) is 0 Å². The Morgan fingerprint density at radius 1 is 1.24 bits per heavy atom. The van der Waals surface area contributed by atoms with E-state index < -0.39 is 5.60 Å². The molecule has 1 unspecified atom stereocenters. The smallest absolute Gasteiger partial charge is 0.345 e. The summed E-state index contributed by atoms with van der Waals surface area (Å²) in [5.74, 6) is 1.14. The lowest BCUT2D eigenvalue weighted by Gasteiger charge is -2.59. The molecule has 3 aliphatic carbocycles. The Labute approximate surface area is 125 Å². The van der Waals surface area contributed by atoms with Gasteiger partial charge in [0.2, 0.25) is 5.60 Å². The van der Waals surface area contributed by atoms with Gasteiger partial charge in [0, 0.05) is 5.92 Å². The average molecular weight is 286 g/mol. The molecule has 0 radical (unpaired) electrons. The van der Waals surface area contributed by atoms with Crippen LogP contribution < -0.4 is 0 Å². The fourth-order valence-electron chi connectivity index (χ4n) is 4.30. The van der Waals surface area contributed by atoms with Gasteiger partial charge < -0.3 is 9.47 Å². The molecule has 3 nitrogen and oxygen atoms in total. The summed E-state index contributed by atoms with van der Waals surface area (Å²) in [6.07, 6.45) is 3.47. The van der Waals surface area contributed by atoms with Gasteiger partial charge in [-0.05, 0) is 36.2 Å². The van der Waals surface area contributed by atoms with Gasteiger partial charge in [-0.1, -0.05) is 44.2 Å². The second kappa shape index (κ2) is 4.33. The molecule has 0 N–H and O–H groups in total. The standard InChI is InChI=1S/C18H22O3/c1-17(2)13-8-9-15(14(17)10-13)21-16(19)18(11-20-18)12-6-4-3-5-7-12/h3-7,13-15H,8-11H2,1-2H3/t13-,14-,15+,18?/m1/s1. The highest BCUT2D eigenvalue weighted by Crippen LogP contribution is 2.60. The summed E-state index contributed by atoms with van der Waals surface area (Å²) < 4.78 is 11.4. The van der Waals surface area contributed by atoms with Gasteiger partial charge in [-0.2, -0.15) is 0 Å². The first-order valence-corrected chi connectivity index (χ1v) is 7.94. The molecule has 1 aromatic rings. The molecule has 2 bridgehead atoms. The van der Waals surface area contributed by atoms with Crippen molar-refractivity contribution >= 4 is 5.97 Å². The van der Waals surface area contributed by atoms with E-state index in [-0.39, 0.29) is 12.1 Å². The highest BCUT2D eigenvalue weighted by Gasteiger charge is 2.59. The first kappa shape index (κ1) is 13.3. The maximum absolute atomic E-state index is 12.6. The van der Waals surface area contributed by atoms with E-state index >= 15 is 0 Å². The van der Waals surface area contributed by atoms with Crippen LogP contribution in [0.3, 0.4) is 0 Å².